The molecule has 0 aromatic carbocycles. The van der Waals surface area contributed by atoms with Gasteiger partial charge in [-0.1, -0.05) is 67.4 Å². The van der Waals surface area contributed by atoms with Crippen molar-refractivity contribution in [2.75, 3.05) is 13.2 Å². The summed E-state index contributed by atoms with van der Waals surface area (Å²) in [6.07, 6.45) is 8.23. The second-order valence-corrected chi connectivity index (χ2v) is 9.19. The van der Waals surface area contributed by atoms with Crippen molar-refractivity contribution in [1.82, 2.24) is 5.32 Å². The third kappa shape index (κ3) is 10.9. The summed E-state index contributed by atoms with van der Waals surface area (Å²) in [5.74, 6) is 1.58. The molecule has 1 atom stereocenters. The molecule has 0 spiro atoms. The molecule has 0 radical (unpaired) electrons. The van der Waals surface area contributed by atoms with Gasteiger partial charge in [0.15, 0.2) is 0 Å². The minimum atomic E-state index is -0.0754. The van der Waals surface area contributed by atoms with Crippen molar-refractivity contribution < 1.29 is 4.74 Å². The van der Waals surface area contributed by atoms with Crippen LogP contribution in [0.2, 0.25) is 0 Å². The van der Waals surface area contributed by atoms with Gasteiger partial charge in [-0.3, -0.25) is 0 Å². The third-order valence-corrected chi connectivity index (χ3v) is 6.07. The van der Waals surface area contributed by atoms with Gasteiger partial charge in [-0.15, -0.1) is 0 Å². The highest BCUT2D eigenvalue weighted by atomic mass is 16.5. The molecule has 150 valence electrons. The van der Waals surface area contributed by atoms with Crippen LogP contribution in [0.25, 0.3) is 0 Å². The van der Waals surface area contributed by atoms with E-state index in [1.807, 2.05) is 0 Å². The van der Waals surface area contributed by atoms with E-state index in [0.717, 1.165) is 44.2 Å². The normalized spacial score (nSPS) is 14.0. The summed E-state index contributed by atoms with van der Waals surface area (Å²) >= 11 is 0. The summed E-state index contributed by atoms with van der Waals surface area (Å²) in [7, 11) is 0. The van der Waals surface area contributed by atoms with E-state index >= 15 is 0 Å². The topological polar surface area (TPSA) is 21.3 Å². The lowest BCUT2D eigenvalue weighted by molar-refractivity contribution is -0.0391. The maximum Gasteiger partial charge on any atom is 0.0643 e. The summed E-state index contributed by atoms with van der Waals surface area (Å²) in [6.45, 7) is 24.3. The van der Waals surface area contributed by atoms with Crippen molar-refractivity contribution in [3.63, 3.8) is 0 Å². The van der Waals surface area contributed by atoms with Crippen molar-refractivity contribution in [2.45, 2.75) is 106 Å². The number of hydrogen-bond acceptors (Lipinski definition) is 2. The first kappa shape index (κ1) is 24.5. The molecule has 0 amide bonds. The summed E-state index contributed by atoms with van der Waals surface area (Å²) in [4.78, 5) is 0. The predicted molar refractivity (Wildman–Crippen MR) is 113 cm³/mol. The fraction of sp³-hybridized carbons (Fsp3) is 0.913. The van der Waals surface area contributed by atoms with E-state index in [4.69, 9.17) is 4.74 Å². The zero-order chi connectivity index (χ0) is 19.5. The van der Waals surface area contributed by atoms with Gasteiger partial charge in [-0.05, 0) is 56.8 Å². The highest BCUT2D eigenvalue weighted by molar-refractivity contribution is 4.91. The van der Waals surface area contributed by atoms with Crippen LogP contribution in [0, 0.1) is 17.3 Å². The number of allylic oxidation sites excluding steroid dienone is 1. The highest BCUT2D eigenvalue weighted by Gasteiger charge is 2.27. The standard InChI is InChI=1S/C23H47NO/c1-10-19(4)13-14-20(5)24-17-15-23(8,9)25-18-16-22(6,7)21(11-2)12-3/h19,21,24H,5,10-18H2,1-4,6-9H3. The lowest BCUT2D eigenvalue weighted by Crippen LogP contribution is -2.32. The molecule has 1 N–H and O–H groups in total. The Morgan fingerprint density at radius 2 is 1.60 bits per heavy atom. The molecular weight excluding hydrogens is 306 g/mol. The molecule has 0 rings (SSSR count). The SMILES string of the molecule is C=C(CCC(C)CC)NCCC(C)(C)OCCC(C)(C)C(CC)CC. The Morgan fingerprint density at radius 1 is 1.00 bits per heavy atom. The largest absolute Gasteiger partial charge is 0.389 e. The smallest absolute Gasteiger partial charge is 0.0643 e. The first-order valence-corrected chi connectivity index (χ1v) is 10.6. The van der Waals surface area contributed by atoms with Crippen LogP contribution >= 0.6 is 0 Å². The third-order valence-electron chi connectivity index (χ3n) is 6.07. The summed E-state index contributed by atoms with van der Waals surface area (Å²) < 4.78 is 6.23. The van der Waals surface area contributed by atoms with Crippen molar-refractivity contribution >= 4 is 0 Å². The molecule has 0 aliphatic carbocycles. The number of nitrogens with one attached hydrogen (secondary N) is 1. The maximum absolute atomic E-state index is 6.23. The van der Waals surface area contributed by atoms with E-state index in [1.165, 1.54) is 31.4 Å². The average molecular weight is 354 g/mol. The second kappa shape index (κ2) is 12.0. The average Bonchev–Trinajstić information content (AvgIpc) is 2.52. The molecule has 0 fully saturated rings. The first-order valence-electron chi connectivity index (χ1n) is 10.6. The Balaban J connectivity index is 4.07. The van der Waals surface area contributed by atoms with E-state index in [0.29, 0.717) is 5.41 Å². The minimum Gasteiger partial charge on any atom is -0.389 e. The molecule has 0 aliphatic heterocycles. The Bertz CT molecular complexity index is 355. The molecule has 2 nitrogen and oxygen atoms in total. The van der Waals surface area contributed by atoms with E-state index in [1.54, 1.807) is 0 Å². The van der Waals surface area contributed by atoms with Crippen LogP contribution in [-0.2, 0) is 4.74 Å². The van der Waals surface area contributed by atoms with Gasteiger partial charge >= 0.3 is 0 Å². The Hall–Kier alpha value is -0.500. The molecule has 0 bridgehead atoms. The quantitative estimate of drug-likeness (QED) is 0.344. The van der Waals surface area contributed by atoms with Crippen molar-refractivity contribution in [3.05, 3.63) is 12.3 Å². The molecule has 0 saturated carbocycles. The van der Waals surface area contributed by atoms with Crippen molar-refractivity contribution in [3.8, 4) is 0 Å². The van der Waals surface area contributed by atoms with Crippen LogP contribution in [0.4, 0.5) is 0 Å². The van der Waals surface area contributed by atoms with E-state index in [2.05, 4.69) is 67.3 Å². The first-order chi connectivity index (χ1) is 11.6. The molecule has 0 heterocycles. The molecule has 25 heavy (non-hydrogen) atoms. The van der Waals surface area contributed by atoms with Crippen LogP contribution < -0.4 is 5.32 Å². The lowest BCUT2D eigenvalue weighted by Gasteiger charge is -2.35. The fourth-order valence-corrected chi connectivity index (χ4v) is 3.51. The van der Waals surface area contributed by atoms with Crippen LogP contribution in [0.3, 0.4) is 0 Å². The molecule has 2 heteroatoms. The van der Waals surface area contributed by atoms with Gasteiger partial charge in [0.05, 0.1) is 5.60 Å². The van der Waals surface area contributed by atoms with Crippen LogP contribution in [0.1, 0.15) is 100 Å². The zero-order valence-electron chi connectivity index (χ0n) is 18.6. The number of hydrogen-bond donors (Lipinski definition) is 1. The highest BCUT2D eigenvalue weighted by Crippen LogP contribution is 2.35. The monoisotopic (exact) mass is 353 g/mol. The van der Waals surface area contributed by atoms with Gasteiger partial charge in [-0.25, -0.2) is 0 Å². The Kier molecular flexibility index (Phi) is 11.8. The van der Waals surface area contributed by atoms with Crippen LogP contribution in [0.5, 0.6) is 0 Å². The Labute approximate surface area is 159 Å². The number of rotatable bonds is 15. The number of ether oxygens (including phenoxy) is 1. The van der Waals surface area contributed by atoms with Gasteiger partial charge in [0, 0.05) is 18.8 Å². The molecule has 0 saturated heterocycles. The van der Waals surface area contributed by atoms with Gasteiger partial charge in [0.2, 0.25) is 0 Å². The van der Waals surface area contributed by atoms with Crippen molar-refractivity contribution in [1.29, 1.82) is 0 Å². The minimum absolute atomic E-state index is 0.0754. The second-order valence-electron chi connectivity index (χ2n) is 9.19. The molecule has 0 aromatic rings. The summed E-state index contributed by atoms with van der Waals surface area (Å²) in [5, 5.41) is 3.49. The summed E-state index contributed by atoms with van der Waals surface area (Å²) in [6, 6.07) is 0. The van der Waals surface area contributed by atoms with E-state index in [-0.39, 0.29) is 5.60 Å². The van der Waals surface area contributed by atoms with Gasteiger partial charge in [0.1, 0.15) is 0 Å². The van der Waals surface area contributed by atoms with Crippen LogP contribution in [-0.4, -0.2) is 18.8 Å². The molecule has 0 aromatic heterocycles. The molecule has 0 aliphatic rings. The maximum atomic E-state index is 6.23. The predicted octanol–water partition coefficient (Wildman–Crippen LogP) is 6.95. The molecule has 1 unspecified atom stereocenters. The van der Waals surface area contributed by atoms with Crippen molar-refractivity contribution in [2.24, 2.45) is 17.3 Å². The van der Waals surface area contributed by atoms with Crippen LogP contribution in [0.15, 0.2) is 12.3 Å². The van der Waals surface area contributed by atoms with Gasteiger partial charge in [0.25, 0.3) is 0 Å². The zero-order valence-corrected chi connectivity index (χ0v) is 18.6. The fourth-order valence-electron chi connectivity index (χ4n) is 3.51. The van der Waals surface area contributed by atoms with E-state index < -0.39 is 0 Å². The molecular formula is C23H47NO. The van der Waals surface area contributed by atoms with E-state index in [9.17, 15) is 0 Å². The van der Waals surface area contributed by atoms with Gasteiger partial charge in [-0.2, -0.15) is 0 Å². The summed E-state index contributed by atoms with van der Waals surface area (Å²) in [5.41, 5.74) is 1.46. The Morgan fingerprint density at radius 3 is 2.12 bits per heavy atom. The lowest BCUT2D eigenvalue weighted by atomic mass is 9.74. The van der Waals surface area contributed by atoms with Gasteiger partial charge < -0.3 is 10.1 Å².